The van der Waals surface area contributed by atoms with Crippen molar-refractivity contribution in [3.63, 3.8) is 0 Å². The zero-order chi connectivity index (χ0) is 16.4. The van der Waals surface area contributed by atoms with Crippen LogP contribution in [0.5, 0.6) is 0 Å². The van der Waals surface area contributed by atoms with Crippen molar-refractivity contribution in [1.29, 1.82) is 0 Å². The molecule has 1 atom stereocenters. The molecule has 8 heteroatoms. The minimum atomic E-state index is -3.46. The van der Waals surface area contributed by atoms with Gasteiger partial charge in [0.2, 0.25) is 15.9 Å². The monoisotopic (exact) mass is 373 g/mol. The van der Waals surface area contributed by atoms with Crippen molar-refractivity contribution < 1.29 is 13.2 Å². The van der Waals surface area contributed by atoms with Crippen molar-refractivity contribution in [3.8, 4) is 0 Å². The molecule has 1 fully saturated rings. The number of nitrogens with one attached hydrogen (secondary N) is 2. The molecule has 0 aliphatic carbocycles. The first-order chi connectivity index (χ1) is 11.0. The van der Waals surface area contributed by atoms with E-state index in [1.54, 1.807) is 22.5 Å². The summed E-state index contributed by atoms with van der Waals surface area (Å²) >= 11 is 0. The lowest BCUT2D eigenvalue weighted by Gasteiger charge is -2.18. The molecular formula is C16H24ClN3O3S. The van der Waals surface area contributed by atoms with Crippen molar-refractivity contribution in [3.05, 3.63) is 23.8 Å². The second-order valence-electron chi connectivity index (χ2n) is 6.30. The lowest BCUT2D eigenvalue weighted by atomic mass is 10.1. The molecule has 0 aromatic heterocycles. The quantitative estimate of drug-likeness (QED) is 0.840. The van der Waals surface area contributed by atoms with Gasteiger partial charge in [0.05, 0.1) is 4.90 Å². The van der Waals surface area contributed by atoms with E-state index in [0.717, 1.165) is 37.1 Å². The summed E-state index contributed by atoms with van der Waals surface area (Å²) in [5.74, 6) is 0.365. The van der Waals surface area contributed by atoms with Gasteiger partial charge in [0.1, 0.15) is 0 Å². The first-order valence-electron chi connectivity index (χ1n) is 8.08. The zero-order valence-corrected chi connectivity index (χ0v) is 15.4. The van der Waals surface area contributed by atoms with Gasteiger partial charge in [-0.3, -0.25) is 4.79 Å². The highest BCUT2D eigenvalue weighted by Gasteiger charge is 2.32. The van der Waals surface area contributed by atoms with Gasteiger partial charge in [0.15, 0.2) is 0 Å². The van der Waals surface area contributed by atoms with E-state index in [4.69, 9.17) is 0 Å². The standard InChI is InChI=1S/C16H23N3O3S.ClH/c1-17-10-12-7-8-19(11-12)23(21,22)14-5-6-15-13(9-14)3-2-4-16(20)18-15;/h5-6,9,12,17H,2-4,7-8,10-11H2,1H3,(H,18,20);1H. The van der Waals surface area contributed by atoms with E-state index in [-0.39, 0.29) is 18.3 Å². The Hall–Kier alpha value is -1.15. The van der Waals surface area contributed by atoms with Crippen LogP contribution in [0.2, 0.25) is 0 Å². The number of hydrogen-bond donors (Lipinski definition) is 2. The molecule has 1 saturated heterocycles. The van der Waals surface area contributed by atoms with Crippen LogP contribution in [0.25, 0.3) is 0 Å². The SMILES string of the molecule is CNCC1CCN(S(=O)(=O)c2ccc3c(c2)CCCC(=O)N3)C1.Cl. The Bertz CT molecular complexity index is 709. The summed E-state index contributed by atoms with van der Waals surface area (Å²) < 4.78 is 27.3. The van der Waals surface area contributed by atoms with Gasteiger partial charge < -0.3 is 10.6 Å². The van der Waals surface area contributed by atoms with E-state index < -0.39 is 10.0 Å². The van der Waals surface area contributed by atoms with E-state index in [9.17, 15) is 13.2 Å². The molecule has 3 rings (SSSR count). The second-order valence-corrected chi connectivity index (χ2v) is 8.23. The number of aryl methyl sites for hydroxylation is 1. The van der Waals surface area contributed by atoms with E-state index in [1.165, 1.54) is 0 Å². The van der Waals surface area contributed by atoms with Gasteiger partial charge >= 0.3 is 0 Å². The molecule has 0 spiro atoms. The Balaban J connectivity index is 0.00000208. The average Bonchev–Trinajstić information content (AvgIpc) is 2.90. The predicted octanol–water partition coefficient (Wildman–Crippen LogP) is 1.61. The third-order valence-electron chi connectivity index (χ3n) is 4.58. The minimum absolute atomic E-state index is 0. The number of carbonyl (C=O) groups excluding carboxylic acids is 1. The van der Waals surface area contributed by atoms with Crippen LogP contribution in [0.15, 0.2) is 23.1 Å². The first-order valence-corrected chi connectivity index (χ1v) is 9.52. The van der Waals surface area contributed by atoms with Crippen LogP contribution in [0.3, 0.4) is 0 Å². The number of carbonyl (C=O) groups is 1. The van der Waals surface area contributed by atoms with E-state index in [2.05, 4.69) is 10.6 Å². The maximum Gasteiger partial charge on any atom is 0.243 e. The number of rotatable bonds is 4. The third kappa shape index (κ3) is 3.91. The number of hydrogen-bond acceptors (Lipinski definition) is 4. The molecule has 134 valence electrons. The number of nitrogens with zero attached hydrogens (tertiary/aromatic N) is 1. The summed E-state index contributed by atoms with van der Waals surface area (Å²) in [5.41, 5.74) is 1.64. The van der Waals surface area contributed by atoms with Gasteiger partial charge in [0, 0.05) is 25.2 Å². The third-order valence-corrected chi connectivity index (χ3v) is 6.44. The zero-order valence-electron chi connectivity index (χ0n) is 13.7. The lowest BCUT2D eigenvalue weighted by Crippen LogP contribution is -2.30. The molecular weight excluding hydrogens is 350 g/mol. The molecule has 0 radical (unpaired) electrons. The Morgan fingerprint density at radius 1 is 1.33 bits per heavy atom. The second kappa shape index (κ2) is 7.82. The minimum Gasteiger partial charge on any atom is -0.326 e. The summed E-state index contributed by atoms with van der Waals surface area (Å²) in [4.78, 5) is 11.9. The predicted molar refractivity (Wildman–Crippen MR) is 96.1 cm³/mol. The smallest absolute Gasteiger partial charge is 0.243 e. The fraction of sp³-hybridized carbons (Fsp3) is 0.562. The Morgan fingerprint density at radius 2 is 2.12 bits per heavy atom. The molecule has 24 heavy (non-hydrogen) atoms. The topological polar surface area (TPSA) is 78.5 Å². The summed E-state index contributed by atoms with van der Waals surface area (Å²) in [6.45, 7) is 1.97. The van der Waals surface area contributed by atoms with E-state index in [1.807, 2.05) is 7.05 Å². The van der Waals surface area contributed by atoms with Crippen LogP contribution in [0, 0.1) is 5.92 Å². The van der Waals surface area contributed by atoms with Gasteiger partial charge in [-0.25, -0.2) is 8.42 Å². The fourth-order valence-electron chi connectivity index (χ4n) is 3.33. The molecule has 2 aliphatic heterocycles. The summed E-state index contributed by atoms with van der Waals surface area (Å²) in [5, 5.41) is 5.95. The average molecular weight is 374 g/mol. The molecule has 1 amide bonds. The van der Waals surface area contributed by atoms with Crippen molar-refractivity contribution in [2.75, 3.05) is 32.0 Å². The summed E-state index contributed by atoms with van der Waals surface area (Å²) in [7, 11) is -1.57. The number of fused-ring (bicyclic) bond motifs is 1. The highest BCUT2D eigenvalue weighted by atomic mass is 35.5. The van der Waals surface area contributed by atoms with Gasteiger partial charge in [-0.1, -0.05) is 0 Å². The number of halogens is 1. The Kier molecular flexibility index (Phi) is 6.25. The number of anilines is 1. The number of benzene rings is 1. The van der Waals surface area contributed by atoms with Crippen molar-refractivity contribution in [1.82, 2.24) is 9.62 Å². The highest BCUT2D eigenvalue weighted by Crippen LogP contribution is 2.29. The number of amides is 1. The van der Waals surface area contributed by atoms with Gasteiger partial charge in [-0.2, -0.15) is 4.31 Å². The fourth-order valence-corrected chi connectivity index (χ4v) is 4.91. The van der Waals surface area contributed by atoms with Gasteiger partial charge in [0.25, 0.3) is 0 Å². The van der Waals surface area contributed by atoms with E-state index >= 15 is 0 Å². The van der Waals surface area contributed by atoms with Crippen LogP contribution in [-0.4, -0.2) is 45.3 Å². The van der Waals surface area contributed by atoms with Crippen molar-refractivity contribution in [2.45, 2.75) is 30.6 Å². The Labute approximate surface area is 149 Å². The molecule has 0 bridgehead atoms. The van der Waals surface area contributed by atoms with Crippen LogP contribution in [-0.2, 0) is 21.2 Å². The summed E-state index contributed by atoms with van der Waals surface area (Å²) in [6, 6.07) is 5.04. The molecule has 2 N–H and O–H groups in total. The molecule has 0 saturated carbocycles. The normalized spacial score (nSPS) is 21.5. The molecule has 1 aromatic carbocycles. The van der Waals surface area contributed by atoms with Gasteiger partial charge in [-0.05, 0) is 62.5 Å². The van der Waals surface area contributed by atoms with Crippen LogP contribution >= 0.6 is 12.4 Å². The molecule has 1 aromatic rings. The molecule has 1 unspecified atom stereocenters. The van der Waals surface area contributed by atoms with Crippen LogP contribution in [0.4, 0.5) is 5.69 Å². The van der Waals surface area contributed by atoms with Crippen molar-refractivity contribution in [2.24, 2.45) is 5.92 Å². The largest absolute Gasteiger partial charge is 0.326 e. The van der Waals surface area contributed by atoms with Crippen LogP contribution < -0.4 is 10.6 Å². The maximum atomic E-state index is 12.8. The van der Waals surface area contributed by atoms with Gasteiger partial charge in [-0.15, -0.1) is 12.4 Å². The lowest BCUT2D eigenvalue weighted by molar-refractivity contribution is -0.116. The van der Waals surface area contributed by atoms with Crippen LogP contribution in [0.1, 0.15) is 24.8 Å². The molecule has 2 heterocycles. The Morgan fingerprint density at radius 3 is 2.88 bits per heavy atom. The van der Waals surface area contributed by atoms with Crippen molar-refractivity contribution >= 4 is 34.0 Å². The first kappa shape index (κ1) is 19.2. The molecule has 2 aliphatic rings. The maximum absolute atomic E-state index is 12.8. The number of sulfonamides is 1. The summed E-state index contributed by atoms with van der Waals surface area (Å²) in [6.07, 6.45) is 2.84. The van der Waals surface area contributed by atoms with E-state index in [0.29, 0.717) is 30.3 Å². The highest BCUT2D eigenvalue weighted by molar-refractivity contribution is 7.89. The molecule has 6 nitrogen and oxygen atoms in total.